The van der Waals surface area contributed by atoms with E-state index in [1.54, 1.807) is 4.57 Å². The molecule has 3 rings (SSSR count). The molecule has 0 aliphatic carbocycles. The second-order valence-corrected chi connectivity index (χ2v) is 5.45. The van der Waals surface area contributed by atoms with Crippen molar-refractivity contribution >= 4 is 0 Å². The van der Waals surface area contributed by atoms with Crippen LogP contribution in [0.15, 0.2) is 12.1 Å². The molecule has 0 amide bonds. The van der Waals surface area contributed by atoms with Crippen molar-refractivity contribution in [3.63, 3.8) is 0 Å². The smallest absolute Gasteiger partial charge is 0.170 e. The second-order valence-electron chi connectivity index (χ2n) is 5.45. The van der Waals surface area contributed by atoms with Crippen LogP contribution in [0.1, 0.15) is 25.7 Å². The van der Waals surface area contributed by atoms with E-state index in [2.05, 4.69) is 15.5 Å². The molecule has 4 nitrogen and oxygen atoms in total. The standard InChI is InChI=1S/C14H15F3N4/c1-7(2)12-14-20-19-13(21(14)4-3-18-12)11-9(16)5-8(15)6-10(11)17/h5-7,12,18H,3-4H2,1-2H3. The van der Waals surface area contributed by atoms with Gasteiger partial charge in [-0.05, 0) is 5.92 Å². The first kappa shape index (κ1) is 14.1. The molecule has 7 heteroatoms. The summed E-state index contributed by atoms with van der Waals surface area (Å²) in [6.07, 6.45) is 0. The maximum Gasteiger partial charge on any atom is 0.170 e. The van der Waals surface area contributed by atoms with Crippen LogP contribution in [-0.4, -0.2) is 21.3 Å². The van der Waals surface area contributed by atoms with Gasteiger partial charge < -0.3 is 9.88 Å². The zero-order valence-electron chi connectivity index (χ0n) is 11.7. The maximum atomic E-state index is 13.9. The van der Waals surface area contributed by atoms with E-state index in [0.717, 1.165) is 0 Å². The number of aromatic nitrogens is 3. The van der Waals surface area contributed by atoms with Crippen LogP contribution in [-0.2, 0) is 6.54 Å². The molecule has 0 saturated carbocycles. The van der Waals surface area contributed by atoms with E-state index >= 15 is 0 Å². The van der Waals surface area contributed by atoms with Gasteiger partial charge in [-0.25, -0.2) is 13.2 Å². The van der Waals surface area contributed by atoms with Crippen molar-refractivity contribution in [2.24, 2.45) is 5.92 Å². The number of nitrogens with zero attached hydrogens (tertiary/aromatic N) is 3. The molecule has 112 valence electrons. The average Bonchev–Trinajstić information content (AvgIpc) is 2.81. The molecule has 1 aromatic heterocycles. The Bertz CT molecular complexity index is 658. The van der Waals surface area contributed by atoms with Gasteiger partial charge in [-0.15, -0.1) is 10.2 Å². The van der Waals surface area contributed by atoms with Crippen LogP contribution in [0.3, 0.4) is 0 Å². The molecule has 2 heterocycles. The van der Waals surface area contributed by atoms with Gasteiger partial charge in [0.15, 0.2) is 11.6 Å². The number of rotatable bonds is 2. The third kappa shape index (κ3) is 2.31. The number of hydrogen-bond acceptors (Lipinski definition) is 3. The van der Waals surface area contributed by atoms with Crippen LogP contribution >= 0.6 is 0 Å². The summed E-state index contributed by atoms with van der Waals surface area (Å²) < 4.78 is 42.6. The molecule has 1 unspecified atom stereocenters. The van der Waals surface area contributed by atoms with Crippen molar-refractivity contribution in [1.82, 2.24) is 20.1 Å². The molecule has 1 N–H and O–H groups in total. The van der Waals surface area contributed by atoms with Crippen LogP contribution in [0, 0.1) is 23.4 Å². The minimum absolute atomic E-state index is 0.0217. The predicted molar refractivity (Wildman–Crippen MR) is 70.9 cm³/mol. The van der Waals surface area contributed by atoms with Gasteiger partial charge >= 0.3 is 0 Å². The lowest BCUT2D eigenvalue weighted by molar-refractivity contribution is 0.339. The summed E-state index contributed by atoms with van der Waals surface area (Å²) in [4.78, 5) is 0. The van der Waals surface area contributed by atoms with E-state index in [1.165, 1.54) is 0 Å². The van der Waals surface area contributed by atoms with Gasteiger partial charge in [0, 0.05) is 25.2 Å². The Kier molecular flexibility index (Phi) is 3.44. The molecule has 21 heavy (non-hydrogen) atoms. The van der Waals surface area contributed by atoms with E-state index in [9.17, 15) is 13.2 Å². The fourth-order valence-corrected chi connectivity index (χ4v) is 2.66. The fourth-order valence-electron chi connectivity index (χ4n) is 2.66. The van der Waals surface area contributed by atoms with Gasteiger partial charge in [-0.1, -0.05) is 13.8 Å². The van der Waals surface area contributed by atoms with Crippen molar-refractivity contribution in [3.8, 4) is 11.4 Å². The average molecular weight is 296 g/mol. The van der Waals surface area contributed by atoms with E-state index in [0.29, 0.717) is 31.0 Å². The van der Waals surface area contributed by atoms with Crippen molar-refractivity contribution in [2.45, 2.75) is 26.4 Å². The largest absolute Gasteiger partial charge is 0.308 e. The number of hydrogen-bond donors (Lipinski definition) is 1. The zero-order chi connectivity index (χ0) is 15.1. The molecule has 2 aromatic rings. The lowest BCUT2D eigenvalue weighted by atomic mass is 10.0. The van der Waals surface area contributed by atoms with Crippen LogP contribution in [0.4, 0.5) is 13.2 Å². The zero-order valence-corrected chi connectivity index (χ0v) is 11.7. The van der Waals surface area contributed by atoms with Gasteiger partial charge in [-0.2, -0.15) is 0 Å². The minimum atomic E-state index is -0.970. The summed E-state index contributed by atoms with van der Waals surface area (Å²) in [5.74, 6) is -1.87. The molecule has 0 fully saturated rings. The summed E-state index contributed by atoms with van der Waals surface area (Å²) in [5.41, 5.74) is -0.334. The Hall–Kier alpha value is -1.89. The van der Waals surface area contributed by atoms with Gasteiger partial charge in [0.1, 0.15) is 17.5 Å². The number of benzene rings is 1. The first-order valence-electron chi connectivity index (χ1n) is 6.80. The molecular formula is C14H15F3N4. The van der Waals surface area contributed by atoms with Gasteiger partial charge in [0.05, 0.1) is 11.6 Å². The third-order valence-electron chi connectivity index (χ3n) is 3.65. The maximum absolute atomic E-state index is 13.9. The van der Waals surface area contributed by atoms with E-state index < -0.39 is 17.5 Å². The Morgan fingerprint density at radius 2 is 1.86 bits per heavy atom. The molecule has 0 spiro atoms. The molecule has 0 radical (unpaired) electrons. The number of nitrogens with one attached hydrogen (secondary N) is 1. The van der Waals surface area contributed by atoms with Crippen LogP contribution in [0.5, 0.6) is 0 Å². The Labute approximate surface area is 120 Å². The highest BCUT2D eigenvalue weighted by atomic mass is 19.1. The van der Waals surface area contributed by atoms with Crippen LogP contribution in [0.25, 0.3) is 11.4 Å². The highest BCUT2D eigenvalue weighted by molar-refractivity contribution is 5.57. The lowest BCUT2D eigenvalue weighted by Crippen LogP contribution is -2.36. The molecule has 1 aliphatic rings. The Balaban J connectivity index is 2.14. The minimum Gasteiger partial charge on any atom is -0.308 e. The molecular weight excluding hydrogens is 281 g/mol. The molecule has 1 aliphatic heterocycles. The normalized spacial score (nSPS) is 18.1. The monoisotopic (exact) mass is 296 g/mol. The summed E-state index contributed by atoms with van der Waals surface area (Å²) in [6.45, 7) is 5.23. The fraction of sp³-hybridized carbons (Fsp3) is 0.429. The van der Waals surface area contributed by atoms with Crippen LogP contribution < -0.4 is 5.32 Å². The Morgan fingerprint density at radius 3 is 2.48 bits per heavy atom. The second kappa shape index (κ2) is 5.14. The highest BCUT2D eigenvalue weighted by Gasteiger charge is 2.29. The topological polar surface area (TPSA) is 42.7 Å². The predicted octanol–water partition coefficient (Wildman–Crippen LogP) is 2.66. The molecule has 1 atom stereocenters. The van der Waals surface area contributed by atoms with Gasteiger partial charge in [0.25, 0.3) is 0 Å². The lowest BCUT2D eigenvalue weighted by Gasteiger charge is -2.27. The van der Waals surface area contributed by atoms with Crippen molar-refractivity contribution in [2.75, 3.05) is 6.54 Å². The van der Waals surface area contributed by atoms with E-state index in [4.69, 9.17) is 0 Å². The highest BCUT2D eigenvalue weighted by Crippen LogP contribution is 2.30. The summed E-state index contributed by atoms with van der Waals surface area (Å²) in [6, 6.07) is 1.29. The number of fused-ring (bicyclic) bond motifs is 1. The quantitative estimate of drug-likeness (QED) is 0.926. The SMILES string of the molecule is CC(C)C1NCCn2c(-c3c(F)cc(F)cc3F)nnc21. The van der Waals surface area contributed by atoms with E-state index in [-0.39, 0.29) is 23.3 Å². The third-order valence-corrected chi connectivity index (χ3v) is 3.65. The van der Waals surface area contributed by atoms with E-state index in [1.807, 2.05) is 13.8 Å². The Morgan fingerprint density at radius 1 is 1.19 bits per heavy atom. The van der Waals surface area contributed by atoms with Gasteiger partial charge in [0.2, 0.25) is 0 Å². The molecule has 0 saturated heterocycles. The first-order valence-corrected chi connectivity index (χ1v) is 6.80. The summed E-state index contributed by atoms with van der Waals surface area (Å²) in [5, 5.41) is 11.3. The summed E-state index contributed by atoms with van der Waals surface area (Å²) >= 11 is 0. The first-order chi connectivity index (χ1) is 9.99. The van der Waals surface area contributed by atoms with Crippen molar-refractivity contribution < 1.29 is 13.2 Å². The van der Waals surface area contributed by atoms with Gasteiger partial charge in [-0.3, -0.25) is 0 Å². The molecule has 0 bridgehead atoms. The summed E-state index contributed by atoms with van der Waals surface area (Å²) in [7, 11) is 0. The molecule has 1 aromatic carbocycles. The van der Waals surface area contributed by atoms with Crippen molar-refractivity contribution in [1.29, 1.82) is 0 Å². The number of halogens is 3. The van der Waals surface area contributed by atoms with Crippen LogP contribution in [0.2, 0.25) is 0 Å². The van der Waals surface area contributed by atoms with Crippen molar-refractivity contribution in [3.05, 3.63) is 35.4 Å².